The molecular formula is C13H18O3. The lowest BCUT2D eigenvalue weighted by molar-refractivity contribution is 0.0980. The lowest BCUT2D eigenvalue weighted by Gasteiger charge is -2.13. The van der Waals surface area contributed by atoms with Crippen molar-refractivity contribution in [3.05, 3.63) is 23.8 Å². The number of ether oxygens (including phenoxy) is 2. The van der Waals surface area contributed by atoms with E-state index >= 15 is 0 Å². The van der Waals surface area contributed by atoms with Gasteiger partial charge in [0.15, 0.2) is 5.78 Å². The molecule has 0 aromatic heterocycles. The van der Waals surface area contributed by atoms with Gasteiger partial charge in [-0.2, -0.15) is 0 Å². The molecule has 0 aliphatic rings. The van der Waals surface area contributed by atoms with E-state index in [2.05, 4.69) is 0 Å². The molecule has 0 fully saturated rings. The molecule has 0 saturated heterocycles. The summed E-state index contributed by atoms with van der Waals surface area (Å²) in [5.74, 6) is 1.27. The highest BCUT2D eigenvalue weighted by Crippen LogP contribution is 2.29. The molecule has 3 nitrogen and oxygen atoms in total. The Morgan fingerprint density at radius 1 is 1.06 bits per heavy atom. The van der Waals surface area contributed by atoms with Gasteiger partial charge in [0.25, 0.3) is 0 Å². The minimum absolute atomic E-state index is 0.0486. The van der Waals surface area contributed by atoms with Crippen molar-refractivity contribution in [1.82, 2.24) is 0 Å². The zero-order valence-electron chi connectivity index (χ0n) is 10.1. The van der Waals surface area contributed by atoms with Crippen LogP contribution in [-0.2, 0) is 0 Å². The molecule has 88 valence electrons. The number of rotatable bonds is 6. The highest BCUT2D eigenvalue weighted by Gasteiger charge is 2.16. The molecule has 0 atom stereocenters. The lowest BCUT2D eigenvalue weighted by Crippen LogP contribution is -2.06. The first-order chi connectivity index (χ1) is 7.74. The summed E-state index contributed by atoms with van der Waals surface area (Å²) < 4.78 is 10.9. The smallest absolute Gasteiger partial charge is 0.170 e. The molecule has 1 aromatic rings. The van der Waals surface area contributed by atoms with Crippen LogP contribution in [0.4, 0.5) is 0 Å². The predicted octanol–water partition coefficient (Wildman–Crippen LogP) is 3.08. The summed E-state index contributed by atoms with van der Waals surface area (Å²) in [6.45, 7) is 6.71. The van der Waals surface area contributed by atoms with E-state index in [-0.39, 0.29) is 5.78 Å². The predicted molar refractivity (Wildman–Crippen MR) is 63.4 cm³/mol. The van der Waals surface area contributed by atoms with Gasteiger partial charge in [-0.1, -0.05) is 13.0 Å². The van der Waals surface area contributed by atoms with Gasteiger partial charge >= 0.3 is 0 Å². The molecule has 1 aromatic carbocycles. The Morgan fingerprint density at radius 2 is 1.56 bits per heavy atom. The van der Waals surface area contributed by atoms with E-state index in [4.69, 9.17) is 9.47 Å². The number of benzene rings is 1. The molecule has 0 heterocycles. The summed E-state index contributed by atoms with van der Waals surface area (Å²) in [5.41, 5.74) is 0.564. The fourth-order valence-electron chi connectivity index (χ4n) is 1.51. The van der Waals surface area contributed by atoms with Crippen LogP contribution >= 0.6 is 0 Å². The lowest BCUT2D eigenvalue weighted by atomic mass is 10.1. The van der Waals surface area contributed by atoms with E-state index in [0.29, 0.717) is 36.7 Å². The fourth-order valence-corrected chi connectivity index (χ4v) is 1.51. The van der Waals surface area contributed by atoms with Gasteiger partial charge in [0.1, 0.15) is 17.1 Å². The van der Waals surface area contributed by atoms with Gasteiger partial charge in [-0.05, 0) is 26.0 Å². The number of carbonyl (C=O) groups excluding carboxylic acids is 1. The van der Waals surface area contributed by atoms with Crippen LogP contribution in [0.2, 0.25) is 0 Å². The third-order valence-corrected chi connectivity index (χ3v) is 2.19. The summed E-state index contributed by atoms with van der Waals surface area (Å²) in [7, 11) is 0. The number of ketones is 1. The van der Waals surface area contributed by atoms with Crippen LogP contribution in [0.3, 0.4) is 0 Å². The molecule has 0 N–H and O–H groups in total. The zero-order chi connectivity index (χ0) is 12.0. The van der Waals surface area contributed by atoms with Crippen LogP contribution in [0.25, 0.3) is 0 Å². The number of hydrogen-bond acceptors (Lipinski definition) is 3. The summed E-state index contributed by atoms with van der Waals surface area (Å²) in [6.07, 6.45) is 0.449. The first-order valence-electron chi connectivity index (χ1n) is 5.66. The molecule has 0 aliphatic heterocycles. The first-order valence-corrected chi connectivity index (χ1v) is 5.66. The molecule has 0 spiro atoms. The van der Waals surface area contributed by atoms with Gasteiger partial charge in [0.2, 0.25) is 0 Å². The van der Waals surface area contributed by atoms with Crippen molar-refractivity contribution < 1.29 is 14.3 Å². The van der Waals surface area contributed by atoms with Crippen LogP contribution < -0.4 is 9.47 Å². The van der Waals surface area contributed by atoms with Crippen molar-refractivity contribution in [2.24, 2.45) is 0 Å². The second kappa shape index (κ2) is 6.16. The van der Waals surface area contributed by atoms with Crippen LogP contribution in [0.5, 0.6) is 11.5 Å². The summed E-state index contributed by atoms with van der Waals surface area (Å²) in [5, 5.41) is 0. The van der Waals surface area contributed by atoms with Gasteiger partial charge in [-0.15, -0.1) is 0 Å². The molecule has 3 heteroatoms. The molecule has 0 radical (unpaired) electrons. The fraction of sp³-hybridized carbons (Fsp3) is 0.462. The van der Waals surface area contributed by atoms with Crippen molar-refractivity contribution in [3.8, 4) is 11.5 Å². The minimum Gasteiger partial charge on any atom is -0.493 e. The molecule has 0 bridgehead atoms. The topological polar surface area (TPSA) is 35.5 Å². The molecule has 0 saturated carbocycles. The number of carbonyl (C=O) groups is 1. The minimum atomic E-state index is 0.0486. The van der Waals surface area contributed by atoms with Crippen molar-refractivity contribution in [2.45, 2.75) is 27.2 Å². The van der Waals surface area contributed by atoms with E-state index in [1.165, 1.54) is 0 Å². The number of Topliss-reactive ketones (excluding diaryl/α,β-unsaturated/α-hetero) is 1. The summed E-state index contributed by atoms with van der Waals surface area (Å²) in [4.78, 5) is 11.8. The molecule has 0 aliphatic carbocycles. The standard InChI is InChI=1S/C13H18O3/c1-4-10(14)13-11(15-5-2)8-7-9-12(13)16-6-3/h7-9H,4-6H2,1-3H3. The molecule has 0 amide bonds. The van der Waals surface area contributed by atoms with Gasteiger partial charge < -0.3 is 9.47 Å². The van der Waals surface area contributed by atoms with E-state index in [1.54, 1.807) is 12.1 Å². The largest absolute Gasteiger partial charge is 0.493 e. The Hall–Kier alpha value is -1.51. The molecule has 0 unspecified atom stereocenters. The van der Waals surface area contributed by atoms with Gasteiger partial charge in [-0.3, -0.25) is 4.79 Å². The molecular weight excluding hydrogens is 204 g/mol. The Balaban J connectivity index is 3.17. The van der Waals surface area contributed by atoms with Crippen molar-refractivity contribution in [3.63, 3.8) is 0 Å². The normalized spacial score (nSPS) is 9.94. The number of hydrogen-bond donors (Lipinski definition) is 0. The van der Waals surface area contributed by atoms with Gasteiger partial charge in [0.05, 0.1) is 13.2 Å². The Labute approximate surface area is 96.4 Å². The van der Waals surface area contributed by atoms with E-state index in [9.17, 15) is 4.79 Å². The second-order valence-electron chi connectivity index (χ2n) is 3.27. The SMILES string of the molecule is CCOc1cccc(OCC)c1C(=O)CC. The van der Waals surface area contributed by atoms with E-state index in [1.807, 2.05) is 26.8 Å². The van der Waals surface area contributed by atoms with Crippen molar-refractivity contribution in [1.29, 1.82) is 0 Å². The van der Waals surface area contributed by atoms with E-state index < -0.39 is 0 Å². The van der Waals surface area contributed by atoms with Crippen LogP contribution in [0.15, 0.2) is 18.2 Å². The first kappa shape index (κ1) is 12.6. The maximum absolute atomic E-state index is 11.8. The summed E-state index contributed by atoms with van der Waals surface area (Å²) >= 11 is 0. The highest BCUT2D eigenvalue weighted by molar-refractivity contribution is 6.01. The molecule has 16 heavy (non-hydrogen) atoms. The van der Waals surface area contributed by atoms with Crippen LogP contribution in [0, 0.1) is 0 Å². The average molecular weight is 222 g/mol. The monoisotopic (exact) mass is 222 g/mol. The Kier molecular flexibility index (Phi) is 4.83. The van der Waals surface area contributed by atoms with Crippen LogP contribution in [0.1, 0.15) is 37.6 Å². The van der Waals surface area contributed by atoms with Crippen molar-refractivity contribution >= 4 is 5.78 Å². The summed E-state index contributed by atoms with van der Waals surface area (Å²) in [6, 6.07) is 5.44. The van der Waals surface area contributed by atoms with Crippen LogP contribution in [-0.4, -0.2) is 19.0 Å². The highest BCUT2D eigenvalue weighted by atomic mass is 16.5. The molecule has 1 rings (SSSR count). The quantitative estimate of drug-likeness (QED) is 0.694. The second-order valence-corrected chi connectivity index (χ2v) is 3.27. The maximum atomic E-state index is 11.8. The Bertz CT molecular complexity index is 334. The average Bonchev–Trinajstić information content (AvgIpc) is 2.29. The van der Waals surface area contributed by atoms with Crippen molar-refractivity contribution in [2.75, 3.05) is 13.2 Å². The maximum Gasteiger partial charge on any atom is 0.170 e. The zero-order valence-corrected chi connectivity index (χ0v) is 10.1. The Morgan fingerprint density at radius 3 is 1.94 bits per heavy atom. The third kappa shape index (κ3) is 2.75. The van der Waals surface area contributed by atoms with Gasteiger partial charge in [-0.25, -0.2) is 0 Å². The third-order valence-electron chi connectivity index (χ3n) is 2.19. The van der Waals surface area contributed by atoms with Gasteiger partial charge in [0, 0.05) is 6.42 Å². The van der Waals surface area contributed by atoms with E-state index in [0.717, 1.165) is 0 Å².